The first kappa shape index (κ1) is 15.9. The number of nitrogens with zero attached hydrogens (tertiary/aromatic N) is 3. The topological polar surface area (TPSA) is 97.0 Å². The van der Waals surface area contributed by atoms with Crippen LogP contribution < -0.4 is 10.9 Å². The molecule has 0 aliphatic heterocycles. The van der Waals surface area contributed by atoms with Gasteiger partial charge in [0.15, 0.2) is 0 Å². The summed E-state index contributed by atoms with van der Waals surface area (Å²) in [5.41, 5.74) is 0.571. The normalized spacial score (nSPS) is 11.8. The molecule has 1 rings (SSSR count). The van der Waals surface area contributed by atoms with Crippen molar-refractivity contribution in [1.29, 1.82) is 5.26 Å². The predicted molar refractivity (Wildman–Crippen MR) is 72.2 cm³/mol. The van der Waals surface area contributed by atoms with Gasteiger partial charge in [-0.1, -0.05) is 0 Å². The van der Waals surface area contributed by atoms with Crippen molar-refractivity contribution in [2.75, 3.05) is 13.7 Å². The van der Waals surface area contributed by atoms with Crippen molar-refractivity contribution in [2.45, 2.75) is 33.4 Å². The summed E-state index contributed by atoms with van der Waals surface area (Å²) in [6.07, 6.45) is 0. The summed E-state index contributed by atoms with van der Waals surface area (Å²) in [5, 5.41) is 15.7. The molecule has 7 nitrogen and oxygen atoms in total. The fourth-order valence-electron chi connectivity index (χ4n) is 1.76. The van der Waals surface area contributed by atoms with Gasteiger partial charge in [0.2, 0.25) is 5.91 Å². The van der Waals surface area contributed by atoms with E-state index in [0.29, 0.717) is 17.9 Å². The summed E-state index contributed by atoms with van der Waals surface area (Å²) in [7, 11) is 1.54. The molecule has 108 valence electrons. The van der Waals surface area contributed by atoms with Gasteiger partial charge in [0, 0.05) is 13.2 Å². The molecule has 1 aromatic heterocycles. The minimum absolute atomic E-state index is 0.0234. The summed E-state index contributed by atoms with van der Waals surface area (Å²) in [4.78, 5) is 23.8. The molecule has 1 atom stereocenters. The van der Waals surface area contributed by atoms with Crippen molar-refractivity contribution < 1.29 is 9.53 Å². The summed E-state index contributed by atoms with van der Waals surface area (Å²) >= 11 is 0. The van der Waals surface area contributed by atoms with Crippen LogP contribution in [0.2, 0.25) is 0 Å². The lowest BCUT2D eigenvalue weighted by Gasteiger charge is -2.13. The van der Waals surface area contributed by atoms with E-state index >= 15 is 0 Å². The van der Waals surface area contributed by atoms with Crippen LogP contribution in [0, 0.1) is 25.2 Å². The Morgan fingerprint density at radius 1 is 1.55 bits per heavy atom. The fourth-order valence-corrected chi connectivity index (χ4v) is 1.76. The number of carbonyl (C=O) groups is 1. The van der Waals surface area contributed by atoms with E-state index < -0.39 is 5.56 Å². The minimum Gasteiger partial charge on any atom is -0.383 e. The molecule has 1 N–H and O–H groups in total. The number of methoxy groups -OCH3 is 1. The molecule has 0 saturated carbocycles. The Morgan fingerprint density at radius 3 is 2.75 bits per heavy atom. The number of ether oxygens (including phenoxy) is 1. The maximum Gasteiger partial charge on any atom is 0.285 e. The lowest BCUT2D eigenvalue weighted by Crippen LogP contribution is -2.40. The number of carbonyl (C=O) groups excluding carboxylic acids is 1. The highest BCUT2D eigenvalue weighted by Crippen LogP contribution is 2.04. The summed E-state index contributed by atoms with van der Waals surface area (Å²) in [5.74, 6) is -0.351. The molecule has 0 aliphatic carbocycles. The molecule has 1 unspecified atom stereocenters. The maximum absolute atomic E-state index is 12.0. The van der Waals surface area contributed by atoms with Crippen LogP contribution >= 0.6 is 0 Å². The second-order valence-electron chi connectivity index (χ2n) is 4.58. The molecule has 1 heterocycles. The van der Waals surface area contributed by atoms with Gasteiger partial charge in [-0.05, 0) is 26.3 Å². The van der Waals surface area contributed by atoms with E-state index in [2.05, 4.69) is 10.4 Å². The number of aryl methyl sites for hydroxylation is 1. The van der Waals surface area contributed by atoms with Gasteiger partial charge < -0.3 is 10.1 Å². The molecule has 0 bridgehead atoms. The average Bonchev–Trinajstić information content (AvgIpc) is 2.36. The van der Waals surface area contributed by atoms with Gasteiger partial charge in [-0.3, -0.25) is 9.59 Å². The van der Waals surface area contributed by atoms with Crippen molar-refractivity contribution in [3.05, 3.63) is 27.2 Å². The Hall–Kier alpha value is -2.20. The number of amides is 1. The lowest BCUT2D eigenvalue weighted by molar-refractivity contribution is -0.122. The Kier molecular flexibility index (Phi) is 5.41. The third-order valence-electron chi connectivity index (χ3n) is 2.87. The molecule has 0 fully saturated rings. The van der Waals surface area contributed by atoms with Gasteiger partial charge in [0.25, 0.3) is 5.56 Å². The van der Waals surface area contributed by atoms with Gasteiger partial charge in [-0.25, -0.2) is 4.68 Å². The quantitative estimate of drug-likeness (QED) is 0.810. The first-order chi connectivity index (χ1) is 9.40. The van der Waals surface area contributed by atoms with Gasteiger partial charge in [0.05, 0.1) is 12.3 Å². The van der Waals surface area contributed by atoms with Crippen molar-refractivity contribution in [2.24, 2.45) is 0 Å². The van der Waals surface area contributed by atoms with Crippen molar-refractivity contribution >= 4 is 5.91 Å². The Morgan fingerprint density at radius 2 is 2.20 bits per heavy atom. The summed E-state index contributed by atoms with van der Waals surface area (Å²) in [6, 6.07) is 1.69. The minimum atomic E-state index is -0.551. The van der Waals surface area contributed by atoms with E-state index in [1.165, 1.54) is 7.11 Å². The van der Waals surface area contributed by atoms with E-state index in [4.69, 9.17) is 10.00 Å². The molecule has 1 amide bonds. The zero-order valence-corrected chi connectivity index (χ0v) is 12.1. The van der Waals surface area contributed by atoms with Crippen LogP contribution in [0.1, 0.15) is 23.7 Å². The first-order valence-electron chi connectivity index (χ1n) is 6.17. The van der Waals surface area contributed by atoms with Gasteiger partial charge in [0.1, 0.15) is 18.2 Å². The molecule has 20 heavy (non-hydrogen) atoms. The molecular weight excluding hydrogens is 260 g/mol. The smallest absolute Gasteiger partial charge is 0.285 e. The van der Waals surface area contributed by atoms with Crippen LogP contribution in [0.25, 0.3) is 0 Å². The second-order valence-corrected chi connectivity index (χ2v) is 4.58. The second kappa shape index (κ2) is 6.82. The fraction of sp³-hybridized carbons (Fsp3) is 0.538. The van der Waals surface area contributed by atoms with E-state index in [-0.39, 0.29) is 24.1 Å². The molecular formula is C13H18N4O3. The predicted octanol–water partition coefficient (Wildman–Crippen LogP) is -0.117. The Bertz CT molecular complexity index is 601. The number of nitrogens with one attached hydrogen (secondary N) is 1. The first-order valence-corrected chi connectivity index (χ1v) is 6.17. The number of nitriles is 1. The molecule has 0 saturated heterocycles. The maximum atomic E-state index is 12.0. The van der Waals surface area contributed by atoms with Crippen LogP contribution in [-0.4, -0.2) is 35.4 Å². The van der Waals surface area contributed by atoms with Crippen LogP contribution in [-0.2, 0) is 16.1 Å². The monoisotopic (exact) mass is 278 g/mol. The van der Waals surface area contributed by atoms with Gasteiger partial charge >= 0.3 is 0 Å². The van der Waals surface area contributed by atoms with E-state index in [0.717, 1.165) is 4.68 Å². The number of rotatable bonds is 5. The van der Waals surface area contributed by atoms with Crippen LogP contribution in [0.4, 0.5) is 0 Å². The van der Waals surface area contributed by atoms with Crippen molar-refractivity contribution in [3.63, 3.8) is 0 Å². The lowest BCUT2D eigenvalue weighted by atomic mass is 10.1. The van der Waals surface area contributed by atoms with Gasteiger partial charge in [-0.15, -0.1) is 0 Å². The van der Waals surface area contributed by atoms with Crippen molar-refractivity contribution in [3.8, 4) is 6.07 Å². The third-order valence-corrected chi connectivity index (χ3v) is 2.87. The molecule has 1 aromatic rings. The highest BCUT2D eigenvalue weighted by molar-refractivity contribution is 5.75. The van der Waals surface area contributed by atoms with E-state index in [9.17, 15) is 9.59 Å². The number of hydrogen-bond donors (Lipinski definition) is 1. The largest absolute Gasteiger partial charge is 0.383 e. The van der Waals surface area contributed by atoms with Gasteiger partial charge in [-0.2, -0.15) is 10.4 Å². The number of hydrogen-bond acceptors (Lipinski definition) is 5. The zero-order valence-electron chi connectivity index (χ0n) is 12.1. The highest BCUT2D eigenvalue weighted by atomic mass is 16.5. The Labute approximate surface area is 117 Å². The molecule has 0 spiro atoms. The van der Waals surface area contributed by atoms with Crippen LogP contribution in [0.15, 0.2) is 4.79 Å². The summed E-state index contributed by atoms with van der Waals surface area (Å²) < 4.78 is 5.92. The Balaban J connectivity index is 2.94. The third kappa shape index (κ3) is 3.65. The zero-order chi connectivity index (χ0) is 15.3. The average molecular weight is 278 g/mol. The molecule has 7 heteroatoms. The SMILES string of the molecule is COCC(C)NC(=O)Cn1nc(C)c(C)c(C#N)c1=O. The van der Waals surface area contributed by atoms with Crippen LogP contribution in [0.3, 0.4) is 0 Å². The summed E-state index contributed by atoms with van der Waals surface area (Å²) in [6.45, 7) is 5.30. The molecule has 0 aromatic carbocycles. The van der Waals surface area contributed by atoms with Crippen LogP contribution in [0.5, 0.6) is 0 Å². The van der Waals surface area contributed by atoms with Crippen molar-refractivity contribution in [1.82, 2.24) is 15.1 Å². The van der Waals surface area contributed by atoms with E-state index in [1.54, 1.807) is 20.8 Å². The molecule has 0 aliphatic rings. The highest BCUT2D eigenvalue weighted by Gasteiger charge is 2.14. The van der Waals surface area contributed by atoms with E-state index in [1.807, 2.05) is 6.07 Å². The standard InChI is InChI=1S/C13H18N4O3/c1-8(7-20-4)15-12(18)6-17-13(19)11(5-14)9(2)10(3)16-17/h8H,6-7H2,1-4H3,(H,15,18). The number of aromatic nitrogens is 2. The molecule has 0 radical (unpaired) electrons.